The van der Waals surface area contributed by atoms with Gasteiger partial charge in [0.15, 0.2) is 0 Å². The number of fused-ring (bicyclic) bond motifs is 1. The van der Waals surface area contributed by atoms with Crippen LogP contribution in [-0.2, 0) is 11.2 Å². The van der Waals surface area contributed by atoms with Crippen molar-refractivity contribution in [2.45, 2.75) is 18.7 Å². The molecule has 0 saturated heterocycles. The number of hydrogen-bond donors (Lipinski definition) is 2. The van der Waals surface area contributed by atoms with Crippen LogP contribution in [0.3, 0.4) is 0 Å². The highest BCUT2D eigenvalue weighted by Crippen LogP contribution is 2.37. The predicted octanol–water partition coefficient (Wildman–Crippen LogP) is 3.65. The van der Waals surface area contributed by atoms with E-state index in [4.69, 9.17) is 15.6 Å². The Morgan fingerprint density at radius 2 is 1.76 bits per heavy atom. The maximum Gasteiger partial charge on any atom is 0.430 e. The zero-order valence-electron chi connectivity index (χ0n) is 12.9. The minimum atomic E-state index is -4.81. The van der Waals surface area contributed by atoms with Crippen LogP contribution in [0.15, 0.2) is 48.0 Å². The number of halogens is 3. The van der Waals surface area contributed by atoms with Crippen LogP contribution in [0.5, 0.6) is 5.75 Å². The molecule has 0 bridgehead atoms. The summed E-state index contributed by atoms with van der Waals surface area (Å²) in [6.45, 7) is 0. The van der Waals surface area contributed by atoms with Crippen molar-refractivity contribution >= 4 is 17.7 Å². The van der Waals surface area contributed by atoms with Crippen molar-refractivity contribution in [2.24, 2.45) is 0 Å². The SMILES string of the molecule is Nc1ccc(Cc2ccc3c(c2)OC(C(F)(F)F)C(C(=O)O)=C3)cc1. The smallest absolute Gasteiger partial charge is 0.430 e. The summed E-state index contributed by atoms with van der Waals surface area (Å²) in [5.41, 5.74) is 7.41. The molecule has 130 valence electrons. The molecule has 0 aromatic heterocycles. The standard InChI is InChI=1S/C18H14F3NO3/c19-18(20,21)16-14(17(23)24)9-12-4-1-11(8-15(12)25-16)7-10-2-5-13(22)6-3-10/h1-6,8-9,16H,7,22H2,(H,23,24). The summed E-state index contributed by atoms with van der Waals surface area (Å²) in [4.78, 5) is 11.1. The van der Waals surface area contributed by atoms with Gasteiger partial charge in [0.1, 0.15) is 5.75 Å². The number of hydrogen-bond acceptors (Lipinski definition) is 3. The third-order valence-electron chi connectivity index (χ3n) is 3.85. The van der Waals surface area contributed by atoms with Crippen LogP contribution >= 0.6 is 0 Å². The van der Waals surface area contributed by atoms with E-state index in [0.29, 0.717) is 17.7 Å². The van der Waals surface area contributed by atoms with Gasteiger partial charge in [-0.2, -0.15) is 13.2 Å². The predicted molar refractivity (Wildman–Crippen MR) is 86.2 cm³/mol. The number of carboxylic acids is 1. The lowest BCUT2D eigenvalue weighted by Gasteiger charge is -2.27. The molecule has 0 spiro atoms. The normalized spacial score (nSPS) is 16.6. The molecule has 2 aromatic rings. The first-order valence-electron chi connectivity index (χ1n) is 7.39. The summed E-state index contributed by atoms with van der Waals surface area (Å²) in [5, 5.41) is 9.01. The van der Waals surface area contributed by atoms with E-state index < -0.39 is 23.8 Å². The minimum Gasteiger partial charge on any atom is -0.478 e. The van der Waals surface area contributed by atoms with Crippen molar-refractivity contribution in [3.05, 3.63) is 64.7 Å². The average Bonchev–Trinajstić information content (AvgIpc) is 2.55. The summed E-state index contributed by atoms with van der Waals surface area (Å²) >= 11 is 0. The minimum absolute atomic E-state index is 0.0141. The summed E-state index contributed by atoms with van der Waals surface area (Å²) in [5.74, 6) is -1.64. The first-order valence-corrected chi connectivity index (χ1v) is 7.39. The lowest BCUT2D eigenvalue weighted by atomic mass is 9.98. The zero-order chi connectivity index (χ0) is 18.2. The summed E-state index contributed by atoms with van der Waals surface area (Å²) < 4.78 is 44.2. The van der Waals surface area contributed by atoms with Crippen molar-refractivity contribution in [1.82, 2.24) is 0 Å². The second-order valence-corrected chi connectivity index (χ2v) is 5.73. The quantitative estimate of drug-likeness (QED) is 0.830. The molecular weight excluding hydrogens is 335 g/mol. The number of aliphatic carboxylic acids is 1. The van der Waals surface area contributed by atoms with Gasteiger partial charge in [-0.1, -0.05) is 24.3 Å². The van der Waals surface area contributed by atoms with Gasteiger partial charge in [0.05, 0.1) is 5.57 Å². The summed E-state index contributed by atoms with van der Waals surface area (Å²) in [6, 6.07) is 11.9. The first-order chi connectivity index (χ1) is 11.7. The largest absolute Gasteiger partial charge is 0.478 e. The Bertz CT molecular complexity index is 842. The molecule has 3 rings (SSSR count). The second-order valence-electron chi connectivity index (χ2n) is 5.73. The number of nitrogen functional groups attached to an aromatic ring is 1. The van der Waals surface area contributed by atoms with Crippen molar-refractivity contribution < 1.29 is 27.8 Å². The molecule has 4 nitrogen and oxygen atoms in total. The summed E-state index contributed by atoms with van der Waals surface area (Å²) in [6.07, 6.45) is -5.80. The molecule has 1 unspecified atom stereocenters. The van der Waals surface area contributed by atoms with Crippen molar-refractivity contribution in [2.75, 3.05) is 5.73 Å². The van der Waals surface area contributed by atoms with Crippen molar-refractivity contribution in [1.29, 1.82) is 0 Å². The van der Waals surface area contributed by atoms with Gasteiger partial charge < -0.3 is 15.6 Å². The molecule has 0 amide bonds. The molecule has 1 aliphatic rings. The topological polar surface area (TPSA) is 72.5 Å². The number of nitrogens with two attached hydrogens (primary N) is 1. The highest BCUT2D eigenvalue weighted by molar-refractivity contribution is 5.95. The number of benzene rings is 2. The lowest BCUT2D eigenvalue weighted by Crippen LogP contribution is -2.40. The Kier molecular flexibility index (Phi) is 4.16. The Morgan fingerprint density at radius 1 is 1.12 bits per heavy atom. The lowest BCUT2D eigenvalue weighted by molar-refractivity contribution is -0.187. The molecule has 0 radical (unpaired) electrons. The molecule has 7 heteroatoms. The molecule has 25 heavy (non-hydrogen) atoms. The average molecular weight is 349 g/mol. The van der Waals surface area contributed by atoms with Crippen LogP contribution in [-0.4, -0.2) is 23.4 Å². The van der Waals surface area contributed by atoms with E-state index in [1.807, 2.05) is 12.1 Å². The van der Waals surface area contributed by atoms with Gasteiger partial charge in [0, 0.05) is 11.3 Å². The molecule has 3 N–H and O–H groups in total. The Hall–Kier alpha value is -2.96. The van der Waals surface area contributed by atoms with E-state index >= 15 is 0 Å². The number of rotatable bonds is 3. The van der Waals surface area contributed by atoms with E-state index in [1.165, 1.54) is 6.07 Å². The van der Waals surface area contributed by atoms with Gasteiger partial charge >= 0.3 is 12.1 Å². The third-order valence-corrected chi connectivity index (χ3v) is 3.85. The van der Waals surface area contributed by atoms with Gasteiger partial charge in [-0.15, -0.1) is 0 Å². The van der Waals surface area contributed by atoms with Crippen LogP contribution in [0.2, 0.25) is 0 Å². The Balaban J connectivity index is 1.93. The van der Waals surface area contributed by atoms with Crippen LogP contribution in [0.25, 0.3) is 6.08 Å². The van der Waals surface area contributed by atoms with E-state index in [1.54, 1.807) is 24.3 Å². The van der Waals surface area contributed by atoms with Gasteiger partial charge in [0.2, 0.25) is 6.10 Å². The third kappa shape index (κ3) is 3.60. The fourth-order valence-corrected chi connectivity index (χ4v) is 2.63. The highest BCUT2D eigenvalue weighted by atomic mass is 19.4. The van der Waals surface area contributed by atoms with Crippen LogP contribution in [0, 0.1) is 0 Å². The zero-order valence-corrected chi connectivity index (χ0v) is 12.9. The van der Waals surface area contributed by atoms with E-state index in [0.717, 1.165) is 17.2 Å². The first kappa shape index (κ1) is 16.9. The number of alkyl halides is 3. The van der Waals surface area contributed by atoms with Gasteiger partial charge in [-0.3, -0.25) is 0 Å². The highest BCUT2D eigenvalue weighted by Gasteiger charge is 2.48. The van der Waals surface area contributed by atoms with Crippen molar-refractivity contribution in [3.8, 4) is 5.75 Å². The molecule has 0 saturated carbocycles. The number of anilines is 1. The van der Waals surface area contributed by atoms with E-state index in [9.17, 15) is 18.0 Å². The molecule has 0 aliphatic carbocycles. The number of ether oxygens (including phenoxy) is 1. The molecule has 0 fully saturated rings. The van der Waals surface area contributed by atoms with Crippen LogP contribution < -0.4 is 10.5 Å². The number of carboxylic acid groups (broad SMARTS) is 1. The second kappa shape index (κ2) is 6.16. The maximum absolute atomic E-state index is 13.1. The van der Waals surface area contributed by atoms with Crippen LogP contribution in [0.1, 0.15) is 16.7 Å². The monoisotopic (exact) mass is 349 g/mol. The summed E-state index contributed by atoms with van der Waals surface area (Å²) in [7, 11) is 0. The van der Waals surface area contributed by atoms with E-state index in [-0.39, 0.29) is 5.75 Å². The Morgan fingerprint density at radius 3 is 2.36 bits per heavy atom. The molecule has 2 aromatic carbocycles. The maximum atomic E-state index is 13.1. The fourth-order valence-electron chi connectivity index (χ4n) is 2.63. The fraction of sp³-hybridized carbons (Fsp3) is 0.167. The molecule has 1 aliphatic heterocycles. The molecule has 1 heterocycles. The Labute approximate surface area is 141 Å². The van der Waals surface area contributed by atoms with Crippen molar-refractivity contribution in [3.63, 3.8) is 0 Å². The van der Waals surface area contributed by atoms with Gasteiger partial charge in [-0.25, -0.2) is 4.79 Å². The molecule has 1 atom stereocenters. The van der Waals surface area contributed by atoms with Crippen LogP contribution in [0.4, 0.5) is 18.9 Å². The molecular formula is C18H14F3NO3. The van der Waals surface area contributed by atoms with E-state index in [2.05, 4.69) is 0 Å². The van der Waals surface area contributed by atoms with Gasteiger partial charge in [-0.05, 0) is 41.8 Å². The van der Waals surface area contributed by atoms with Gasteiger partial charge in [0.25, 0.3) is 0 Å². The number of carbonyl (C=O) groups is 1.